The summed E-state index contributed by atoms with van der Waals surface area (Å²) in [5.41, 5.74) is 0.479. The molecule has 0 saturated heterocycles. The molecular weight excluding hydrogens is 290 g/mol. The molecular formula is C16H24ClNO3. The van der Waals surface area contributed by atoms with Crippen LogP contribution in [0.4, 0.5) is 0 Å². The normalized spacial score (nSPS) is 11.9. The van der Waals surface area contributed by atoms with Crippen LogP contribution in [0.25, 0.3) is 0 Å². The molecule has 4 nitrogen and oxygen atoms in total. The molecule has 1 N–H and O–H groups in total. The van der Waals surface area contributed by atoms with E-state index in [4.69, 9.17) is 21.1 Å². The van der Waals surface area contributed by atoms with Crippen LogP contribution in [0.5, 0.6) is 11.5 Å². The molecule has 1 unspecified atom stereocenters. The van der Waals surface area contributed by atoms with E-state index in [1.807, 2.05) is 27.7 Å². The first kappa shape index (κ1) is 17.6. The molecule has 1 rings (SSSR count). The number of benzene rings is 1. The van der Waals surface area contributed by atoms with E-state index < -0.39 is 0 Å². The number of halogens is 1. The minimum atomic E-state index is -0.158. The zero-order valence-corrected chi connectivity index (χ0v) is 13.9. The first-order valence-electron chi connectivity index (χ1n) is 7.43. The van der Waals surface area contributed by atoms with Gasteiger partial charge in [-0.15, -0.1) is 0 Å². The van der Waals surface area contributed by atoms with Gasteiger partial charge in [0.05, 0.1) is 18.2 Å². The Labute approximate surface area is 131 Å². The molecule has 0 heterocycles. The third-order valence-corrected chi connectivity index (χ3v) is 3.29. The molecule has 0 radical (unpaired) electrons. The van der Waals surface area contributed by atoms with Gasteiger partial charge in [0, 0.05) is 11.6 Å². The first-order valence-corrected chi connectivity index (χ1v) is 7.81. The standard InChI is InChI=1S/C16H24ClNO3/c1-5-8-21-15-13(17)9-12(10-14(15)20-7-3)16(19)18-11(4)6-2/h9-11H,5-8H2,1-4H3,(H,18,19). The van der Waals surface area contributed by atoms with Crippen LogP contribution >= 0.6 is 11.6 Å². The number of amides is 1. The van der Waals surface area contributed by atoms with Crippen LogP contribution < -0.4 is 14.8 Å². The molecule has 5 heteroatoms. The zero-order valence-electron chi connectivity index (χ0n) is 13.2. The van der Waals surface area contributed by atoms with E-state index in [-0.39, 0.29) is 11.9 Å². The van der Waals surface area contributed by atoms with Crippen LogP contribution in [0.15, 0.2) is 12.1 Å². The van der Waals surface area contributed by atoms with Crippen molar-refractivity contribution in [3.8, 4) is 11.5 Å². The Morgan fingerprint density at radius 3 is 2.57 bits per heavy atom. The molecule has 1 aromatic carbocycles. The first-order chi connectivity index (χ1) is 10.0. The Morgan fingerprint density at radius 1 is 1.29 bits per heavy atom. The number of rotatable bonds is 8. The highest BCUT2D eigenvalue weighted by Crippen LogP contribution is 2.36. The second-order valence-corrected chi connectivity index (χ2v) is 5.26. The molecule has 0 aliphatic rings. The van der Waals surface area contributed by atoms with E-state index in [1.54, 1.807) is 12.1 Å². The minimum absolute atomic E-state index is 0.114. The van der Waals surface area contributed by atoms with Crippen molar-refractivity contribution in [3.63, 3.8) is 0 Å². The van der Waals surface area contributed by atoms with Gasteiger partial charge in [-0.1, -0.05) is 25.4 Å². The SMILES string of the molecule is CCCOc1c(Cl)cc(C(=O)NC(C)CC)cc1OCC. The number of carbonyl (C=O) groups excluding carboxylic acids is 1. The number of ether oxygens (including phenoxy) is 2. The molecule has 21 heavy (non-hydrogen) atoms. The smallest absolute Gasteiger partial charge is 0.251 e. The molecule has 0 aromatic heterocycles. The second-order valence-electron chi connectivity index (χ2n) is 4.85. The fraction of sp³-hybridized carbons (Fsp3) is 0.562. The van der Waals surface area contributed by atoms with Crippen molar-refractivity contribution < 1.29 is 14.3 Å². The van der Waals surface area contributed by atoms with Gasteiger partial charge in [0.15, 0.2) is 11.5 Å². The van der Waals surface area contributed by atoms with Gasteiger partial charge in [-0.3, -0.25) is 4.79 Å². The molecule has 0 bridgehead atoms. The summed E-state index contributed by atoms with van der Waals surface area (Å²) in [5, 5.41) is 3.30. The van der Waals surface area contributed by atoms with Gasteiger partial charge in [0.1, 0.15) is 0 Å². The molecule has 1 aromatic rings. The molecule has 1 atom stereocenters. The summed E-state index contributed by atoms with van der Waals surface area (Å²) >= 11 is 6.24. The summed E-state index contributed by atoms with van der Waals surface area (Å²) in [6.45, 7) is 8.91. The van der Waals surface area contributed by atoms with Crippen LogP contribution in [0.1, 0.15) is 50.9 Å². The number of hydrogen-bond donors (Lipinski definition) is 1. The number of hydrogen-bond acceptors (Lipinski definition) is 3. The van der Waals surface area contributed by atoms with Crippen LogP contribution in [0.2, 0.25) is 5.02 Å². The average Bonchev–Trinajstić information content (AvgIpc) is 2.46. The largest absolute Gasteiger partial charge is 0.490 e. The van der Waals surface area contributed by atoms with E-state index in [2.05, 4.69) is 5.32 Å². The van der Waals surface area contributed by atoms with Crippen LogP contribution in [0, 0.1) is 0 Å². The molecule has 0 spiro atoms. The maximum absolute atomic E-state index is 12.2. The topological polar surface area (TPSA) is 47.6 Å². The Bertz CT molecular complexity index is 477. The van der Waals surface area contributed by atoms with E-state index in [0.717, 1.165) is 12.8 Å². The summed E-state index contributed by atoms with van der Waals surface area (Å²) in [5.74, 6) is 0.849. The number of nitrogens with one attached hydrogen (secondary N) is 1. The summed E-state index contributed by atoms with van der Waals surface area (Å²) in [7, 11) is 0. The number of carbonyl (C=O) groups is 1. The highest BCUT2D eigenvalue weighted by molar-refractivity contribution is 6.32. The van der Waals surface area contributed by atoms with Crippen molar-refractivity contribution in [2.45, 2.75) is 46.6 Å². The summed E-state index contributed by atoms with van der Waals surface area (Å²) in [6.07, 6.45) is 1.74. The Hall–Kier alpha value is -1.42. The highest BCUT2D eigenvalue weighted by Gasteiger charge is 2.17. The Morgan fingerprint density at radius 2 is 2.00 bits per heavy atom. The molecule has 0 aliphatic carbocycles. The zero-order chi connectivity index (χ0) is 15.8. The summed E-state index contributed by atoms with van der Waals surface area (Å²) < 4.78 is 11.2. The lowest BCUT2D eigenvalue weighted by Gasteiger charge is -2.16. The molecule has 1 amide bonds. The van der Waals surface area contributed by atoms with Crippen LogP contribution in [0.3, 0.4) is 0 Å². The van der Waals surface area contributed by atoms with Crippen LogP contribution in [-0.4, -0.2) is 25.2 Å². The summed E-state index contributed by atoms with van der Waals surface area (Å²) in [4.78, 5) is 12.2. The van der Waals surface area contributed by atoms with E-state index >= 15 is 0 Å². The van der Waals surface area contributed by atoms with Gasteiger partial charge in [-0.25, -0.2) is 0 Å². The van der Waals surface area contributed by atoms with Gasteiger partial charge >= 0.3 is 0 Å². The van der Waals surface area contributed by atoms with Crippen molar-refractivity contribution in [1.82, 2.24) is 5.32 Å². The summed E-state index contributed by atoms with van der Waals surface area (Å²) in [6, 6.07) is 3.41. The lowest BCUT2D eigenvalue weighted by molar-refractivity contribution is 0.0938. The van der Waals surface area contributed by atoms with Crippen molar-refractivity contribution in [1.29, 1.82) is 0 Å². The van der Waals surface area contributed by atoms with Crippen molar-refractivity contribution in [2.24, 2.45) is 0 Å². The average molecular weight is 314 g/mol. The van der Waals surface area contributed by atoms with Gasteiger partial charge in [-0.05, 0) is 38.8 Å². The fourth-order valence-corrected chi connectivity index (χ4v) is 1.98. The Balaban J connectivity index is 3.04. The quantitative estimate of drug-likeness (QED) is 0.787. The van der Waals surface area contributed by atoms with Crippen molar-refractivity contribution in [3.05, 3.63) is 22.7 Å². The fourth-order valence-electron chi connectivity index (χ4n) is 1.72. The molecule has 0 fully saturated rings. The van der Waals surface area contributed by atoms with Gasteiger partial charge in [-0.2, -0.15) is 0 Å². The predicted octanol–water partition coefficient (Wildman–Crippen LogP) is 4.06. The maximum atomic E-state index is 12.2. The van der Waals surface area contributed by atoms with Crippen molar-refractivity contribution >= 4 is 17.5 Å². The molecule has 0 aliphatic heterocycles. The van der Waals surface area contributed by atoms with Crippen LogP contribution in [-0.2, 0) is 0 Å². The van der Waals surface area contributed by atoms with E-state index in [1.165, 1.54) is 0 Å². The minimum Gasteiger partial charge on any atom is -0.490 e. The van der Waals surface area contributed by atoms with Gasteiger partial charge in [0.25, 0.3) is 5.91 Å². The van der Waals surface area contributed by atoms with E-state index in [0.29, 0.717) is 35.3 Å². The lowest BCUT2D eigenvalue weighted by Crippen LogP contribution is -2.31. The molecule has 0 saturated carbocycles. The van der Waals surface area contributed by atoms with Gasteiger partial charge < -0.3 is 14.8 Å². The lowest BCUT2D eigenvalue weighted by atomic mass is 10.1. The third-order valence-electron chi connectivity index (χ3n) is 3.01. The Kier molecular flexibility index (Phi) is 7.37. The highest BCUT2D eigenvalue weighted by atomic mass is 35.5. The van der Waals surface area contributed by atoms with Gasteiger partial charge in [0.2, 0.25) is 0 Å². The third kappa shape index (κ3) is 5.12. The molecule has 118 valence electrons. The van der Waals surface area contributed by atoms with E-state index in [9.17, 15) is 4.79 Å². The predicted molar refractivity (Wildman–Crippen MR) is 85.6 cm³/mol. The maximum Gasteiger partial charge on any atom is 0.251 e. The second kappa shape index (κ2) is 8.78. The van der Waals surface area contributed by atoms with Crippen molar-refractivity contribution in [2.75, 3.05) is 13.2 Å². The monoisotopic (exact) mass is 313 g/mol.